The highest BCUT2D eigenvalue weighted by atomic mass is 35.5. The lowest BCUT2D eigenvalue weighted by atomic mass is 9.96. The first-order chi connectivity index (χ1) is 13.1. The van der Waals surface area contributed by atoms with Crippen LogP contribution in [0.5, 0.6) is 0 Å². The molecule has 1 atom stereocenters. The van der Waals surface area contributed by atoms with Crippen molar-refractivity contribution in [2.24, 2.45) is 5.92 Å². The number of carbonyl (C=O) groups excluding carboxylic acids is 1. The molecule has 0 saturated carbocycles. The van der Waals surface area contributed by atoms with Gasteiger partial charge in [0.25, 0.3) is 0 Å². The van der Waals surface area contributed by atoms with Crippen molar-refractivity contribution < 1.29 is 4.79 Å². The van der Waals surface area contributed by atoms with E-state index in [9.17, 15) is 4.79 Å². The number of nitrogens with zero attached hydrogens (tertiary/aromatic N) is 4. The summed E-state index contributed by atoms with van der Waals surface area (Å²) in [6.45, 7) is 3.50. The van der Waals surface area contributed by atoms with Gasteiger partial charge in [-0.2, -0.15) is 0 Å². The second-order valence-electron chi connectivity index (χ2n) is 6.83. The maximum absolute atomic E-state index is 12.8. The van der Waals surface area contributed by atoms with Gasteiger partial charge in [0.2, 0.25) is 5.91 Å². The highest BCUT2D eigenvalue weighted by Crippen LogP contribution is 2.26. The first-order valence-corrected chi connectivity index (χ1v) is 9.37. The summed E-state index contributed by atoms with van der Waals surface area (Å²) in [6, 6.07) is 7.48. The largest absolute Gasteiger partial charge is 0.369 e. The predicted molar refractivity (Wildman–Crippen MR) is 107 cm³/mol. The third kappa shape index (κ3) is 3.85. The minimum atomic E-state index is -0.0774. The van der Waals surface area contributed by atoms with Crippen LogP contribution in [0.2, 0.25) is 5.02 Å². The minimum Gasteiger partial charge on any atom is -0.369 e. The van der Waals surface area contributed by atoms with E-state index in [-0.39, 0.29) is 11.8 Å². The van der Waals surface area contributed by atoms with Crippen LogP contribution in [0.4, 0.5) is 11.4 Å². The fraction of sp³-hybridized carbons (Fsp3) is 0.300. The molecule has 3 aromatic rings. The zero-order valence-electron chi connectivity index (χ0n) is 15.0. The first kappa shape index (κ1) is 17.7. The molecule has 27 heavy (non-hydrogen) atoms. The third-order valence-corrected chi connectivity index (χ3v) is 5.15. The van der Waals surface area contributed by atoms with E-state index in [1.807, 2.05) is 25.1 Å². The quantitative estimate of drug-likeness (QED) is 0.746. The summed E-state index contributed by atoms with van der Waals surface area (Å²) in [7, 11) is 0. The minimum absolute atomic E-state index is 0.0404. The van der Waals surface area contributed by atoms with Gasteiger partial charge in [-0.25, -0.2) is 9.97 Å². The molecule has 1 aliphatic heterocycles. The Morgan fingerprint density at radius 3 is 2.93 bits per heavy atom. The van der Waals surface area contributed by atoms with E-state index in [4.69, 9.17) is 11.6 Å². The molecule has 2 aromatic heterocycles. The van der Waals surface area contributed by atoms with Gasteiger partial charge in [0.1, 0.15) is 5.52 Å². The molecule has 1 unspecified atom stereocenters. The topological polar surface area (TPSA) is 71.0 Å². The predicted octanol–water partition coefficient (Wildman–Crippen LogP) is 3.84. The zero-order valence-corrected chi connectivity index (χ0v) is 15.8. The standard InChI is InChI=1S/C20H20ClN5O/c1-13-9-15(21)4-5-17(13)25-20(27)14-3-2-8-26(12-14)16-10-18-19(24-11-16)23-7-6-22-18/h4-7,9-11,14H,2-3,8,12H2,1H3,(H,25,27). The summed E-state index contributed by atoms with van der Waals surface area (Å²) in [4.78, 5) is 27.9. The Hall–Kier alpha value is -2.73. The molecule has 1 amide bonds. The monoisotopic (exact) mass is 381 g/mol. The Morgan fingerprint density at radius 1 is 1.22 bits per heavy atom. The Kier molecular flexibility index (Phi) is 4.90. The van der Waals surface area contributed by atoms with Crippen molar-refractivity contribution in [3.05, 3.63) is 53.4 Å². The van der Waals surface area contributed by atoms with Gasteiger partial charge in [0.05, 0.1) is 17.8 Å². The molecule has 1 aliphatic rings. The van der Waals surface area contributed by atoms with Gasteiger partial charge < -0.3 is 10.2 Å². The molecule has 1 N–H and O–H groups in total. The van der Waals surface area contributed by atoms with E-state index >= 15 is 0 Å². The van der Waals surface area contributed by atoms with E-state index < -0.39 is 0 Å². The number of benzene rings is 1. The fourth-order valence-corrected chi connectivity index (χ4v) is 3.67. The highest BCUT2D eigenvalue weighted by molar-refractivity contribution is 6.30. The van der Waals surface area contributed by atoms with Gasteiger partial charge in [-0.05, 0) is 49.6 Å². The molecule has 0 bridgehead atoms. The Balaban J connectivity index is 1.49. The summed E-state index contributed by atoms with van der Waals surface area (Å²) >= 11 is 6.00. The zero-order chi connectivity index (χ0) is 18.8. The number of pyridine rings is 1. The molecule has 4 rings (SSSR count). The van der Waals surface area contributed by atoms with Crippen LogP contribution >= 0.6 is 11.6 Å². The van der Waals surface area contributed by atoms with E-state index in [1.165, 1.54) is 0 Å². The van der Waals surface area contributed by atoms with Gasteiger partial charge >= 0.3 is 0 Å². The third-order valence-electron chi connectivity index (χ3n) is 4.91. The van der Waals surface area contributed by atoms with Crippen LogP contribution in [0.1, 0.15) is 18.4 Å². The lowest BCUT2D eigenvalue weighted by Gasteiger charge is -2.33. The summed E-state index contributed by atoms with van der Waals surface area (Å²) in [6.07, 6.45) is 6.93. The molecule has 0 radical (unpaired) electrons. The first-order valence-electron chi connectivity index (χ1n) is 8.99. The van der Waals surface area contributed by atoms with Crippen molar-refractivity contribution in [2.75, 3.05) is 23.3 Å². The molecule has 0 spiro atoms. The van der Waals surface area contributed by atoms with Crippen LogP contribution in [-0.4, -0.2) is 33.9 Å². The molecule has 6 nitrogen and oxygen atoms in total. The summed E-state index contributed by atoms with van der Waals surface area (Å²) < 4.78 is 0. The number of rotatable bonds is 3. The number of aryl methyl sites for hydroxylation is 1. The molecular formula is C20H20ClN5O. The number of aromatic nitrogens is 3. The smallest absolute Gasteiger partial charge is 0.229 e. The van der Waals surface area contributed by atoms with Crippen LogP contribution in [0.3, 0.4) is 0 Å². The lowest BCUT2D eigenvalue weighted by molar-refractivity contribution is -0.120. The van der Waals surface area contributed by atoms with Crippen molar-refractivity contribution >= 4 is 40.0 Å². The van der Waals surface area contributed by atoms with Gasteiger partial charge in [0, 0.05) is 36.2 Å². The Morgan fingerprint density at radius 2 is 2.07 bits per heavy atom. The van der Waals surface area contributed by atoms with Crippen molar-refractivity contribution in [3.8, 4) is 0 Å². The van der Waals surface area contributed by atoms with Gasteiger partial charge in [0.15, 0.2) is 5.65 Å². The number of anilines is 2. The normalized spacial score (nSPS) is 17.1. The molecule has 1 aromatic carbocycles. The number of nitrogens with one attached hydrogen (secondary N) is 1. The highest BCUT2D eigenvalue weighted by Gasteiger charge is 2.26. The molecular weight excluding hydrogens is 362 g/mol. The number of amides is 1. The Labute approximate surface area is 162 Å². The second kappa shape index (κ2) is 7.48. The van der Waals surface area contributed by atoms with Crippen molar-refractivity contribution in [2.45, 2.75) is 19.8 Å². The summed E-state index contributed by atoms with van der Waals surface area (Å²) in [5.74, 6) is -0.0370. The molecule has 138 valence electrons. The second-order valence-corrected chi connectivity index (χ2v) is 7.26. The average Bonchev–Trinajstić information content (AvgIpc) is 2.70. The van der Waals surface area contributed by atoms with Gasteiger partial charge in [-0.3, -0.25) is 9.78 Å². The van der Waals surface area contributed by atoms with E-state index in [0.717, 1.165) is 41.8 Å². The number of hydrogen-bond acceptors (Lipinski definition) is 5. The number of piperidine rings is 1. The van der Waals surface area contributed by atoms with Crippen LogP contribution in [-0.2, 0) is 4.79 Å². The summed E-state index contributed by atoms with van der Waals surface area (Å²) in [5, 5.41) is 3.71. The van der Waals surface area contributed by atoms with Crippen molar-refractivity contribution in [1.29, 1.82) is 0 Å². The number of carbonyl (C=O) groups is 1. The number of fused-ring (bicyclic) bond motifs is 1. The fourth-order valence-electron chi connectivity index (χ4n) is 3.45. The SMILES string of the molecule is Cc1cc(Cl)ccc1NC(=O)C1CCCN(c2cnc3nccnc3c2)C1. The number of hydrogen-bond donors (Lipinski definition) is 1. The van der Waals surface area contributed by atoms with E-state index in [0.29, 0.717) is 17.2 Å². The van der Waals surface area contributed by atoms with Crippen LogP contribution in [0.15, 0.2) is 42.9 Å². The van der Waals surface area contributed by atoms with Crippen LogP contribution in [0, 0.1) is 12.8 Å². The summed E-state index contributed by atoms with van der Waals surface area (Å²) in [5.41, 5.74) is 4.14. The maximum Gasteiger partial charge on any atom is 0.229 e. The van der Waals surface area contributed by atoms with Crippen molar-refractivity contribution in [1.82, 2.24) is 15.0 Å². The van der Waals surface area contributed by atoms with E-state index in [2.05, 4.69) is 25.2 Å². The van der Waals surface area contributed by atoms with E-state index in [1.54, 1.807) is 24.7 Å². The number of halogens is 1. The molecule has 1 fully saturated rings. The lowest BCUT2D eigenvalue weighted by Crippen LogP contribution is -2.40. The molecule has 0 aliphatic carbocycles. The molecule has 7 heteroatoms. The molecule has 3 heterocycles. The van der Waals surface area contributed by atoms with Crippen LogP contribution < -0.4 is 10.2 Å². The van der Waals surface area contributed by atoms with Crippen LogP contribution in [0.25, 0.3) is 11.2 Å². The van der Waals surface area contributed by atoms with Gasteiger partial charge in [-0.1, -0.05) is 11.6 Å². The maximum atomic E-state index is 12.8. The average molecular weight is 382 g/mol. The van der Waals surface area contributed by atoms with Crippen molar-refractivity contribution in [3.63, 3.8) is 0 Å². The Bertz CT molecular complexity index is 993. The van der Waals surface area contributed by atoms with Gasteiger partial charge in [-0.15, -0.1) is 0 Å². The molecule has 1 saturated heterocycles.